The minimum absolute atomic E-state index is 0. The third kappa shape index (κ3) is 2.34. The average Bonchev–Trinajstić information content (AvgIpc) is 2.40. The summed E-state index contributed by atoms with van der Waals surface area (Å²) in [6.45, 7) is -0.734. The van der Waals surface area contributed by atoms with E-state index in [-0.39, 0.29) is 51.4 Å². The molecule has 0 aromatic heterocycles. The number of benzene rings is 2. The second-order valence-electron chi connectivity index (χ2n) is 4.28. The molecule has 0 aliphatic carbocycles. The van der Waals surface area contributed by atoms with Gasteiger partial charge in [0.15, 0.2) is 0 Å². The van der Waals surface area contributed by atoms with Crippen LogP contribution >= 0.6 is 0 Å². The normalized spacial score (nSPS) is 13.3. The molecule has 2 aromatic rings. The Balaban J connectivity index is 0.00000147. The summed E-state index contributed by atoms with van der Waals surface area (Å²) in [5.74, 6) is -2.66. The van der Waals surface area contributed by atoms with Gasteiger partial charge in [0, 0.05) is 16.5 Å². The van der Waals surface area contributed by atoms with Gasteiger partial charge in [0.1, 0.15) is 0 Å². The predicted molar refractivity (Wildman–Crippen MR) is 64.3 cm³/mol. The number of aliphatic carboxylic acids is 1. The van der Waals surface area contributed by atoms with Crippen molar-refractivity contribution >= 4 is 28.6 Å². The van der Waals surface area contributed by atoms with E-state index in [1.165, 1.54) is 0 Å². The Labute approximate surface area is 157 Å². The molecule has 1 aliphatic rings. The van der Waals surface area contributed by atoms with Crippen molar-refractivity contribution in [2.45, 2.75) is 0 Å². The molecule has 0 saturated heterocycles. The van der Waals surface area contributed by atoms with Crippen LogP contribution in [-0.4, -0.2) is 29.2 Å². The van der Waals surface area contributed by atoms with Gasteiger partial charge in [0.25, 0.3) is 11.8 Å². The van der Waals surface area contributed by atoms with Crippen molar-refractivity contribution in [3.63, 3.8) is 0 Å². The van der Waals surface area contributed by atoms with Crippen molar-refractivity contribution in [1.29, 1.82) is 0 Å². The SMILES string of the molecule is O=C([O-])CN1C(=O)c2cccc3cccc(c23)C1=O.[K+]. The number of rotatable bonds is 2. The largest absolute Gasteiger partial charge is 1.00 e. The van der Waals surface area contributed by atoms with Crippen LogP contribution in [0.2, 0.25) is 0 Å². The first kappa shape index (κ1) is 15.3. The van der Waals surface area contributed by atoms with Crippen LogP contribution in [-0.2, 0) is 4.79 Å². The van der Waals surface area contributed by atoms with E-state index in [0.29, 0.717) is 21.4 Å². The maximum absolute atomic E-state index is 12.2. The molecule has 2 amide bonds. The van der Waals surface area contributed by atoms with Crippen molar-refractivity contribution in [2.75, 3.05) is 6.54 Å². The molecule has 0 bridgehead atoms. The van der Waals surface area contributed by atoms with E-state index in [0.717, 1.165) is 5.39 Å². The number of hydrogen-bond donors (Lipinski definition) is 0. The molecule has 94 valence electrons. The summed E-state index contributed by atoms with van der Waals surface area (Å²) in [5.41, 5.74) is 0.683. The van der Waals surface area contributed by atoms with Crippen LogP contribution < -0.4 is 56.5 Å². The van der Waals surface area contributed by atoms with Crippen LogP contribution in [0.3, 0.4) is 0 Å². The van der Waals surface area contributed by atoms with Gasteiger partial charge in [0.05, 0.1) is 12.5 Å². The average molecular weight is 293 g/mol. The van der Waals surface area contributed by atoms with Crippen LogP contribution in [0.4, 0.5) is 0 Å². The molecular weight excluding hydrogens is 285 g/mol. The Morgan fingerprint density at radius 2 is 1.50 bits per heavy atom. The smallest absolute Gasteiger partial charge is 0.548 e. The number of carbonyl (C=O) groups is 3. The number of hydrogen-bond acceptors (Lipinski definition) is 4. The van der Waals surface area contributed by atoms with Crippen LogP contribution in [0.1, 0.15) is 20.7 Å². The first-order valence-corrected chi connectivity index (χ1v) is 5.67. The molecule has 2 aromatic carbocycles. The summed E-state index contributed by atoms with van der Waals surface area (Å²) >= 11 is 0. The molecule has 0 unspecified atom stereocenters. The third-order valence-electron chi connectivity index (χ3n) is 3.14. The van der Waals surface area contributed by atoms with Gasteiger partial charge in [0.2, 0.25) is 0 Å². The first-order valence-electron chi connectivity index (χ1n) is 5.67. The summed E-state index contributed by atoms with van der Waals surface area (Å²) in [6.07, 6.45) is 0. The van der Waals surface area contributed by atoms with Crippen molar-refractivity contribution in [1.82, 2.24) is 4.90 Å². The van der Waals surface area contributed by atoms with Crippen LogP contribution in [0.5, 0.6) is 0 Å². The van der Waals surface area contributed by atoms with Gasteiger partial charge in [-0.15, -0.1) is 0 Å². The zero-order valence-electron chi connectivity index (χ0n) is 10.8. The fourth-order valence-corrected chi connectivity index (χ4v) is 2.35. The van der Waals surface area contributed by atoms with Gasteiger partial charge in [-0.3, -0.25) is 14.5 Å². The van der Waals surface area contributed by atoms with Gasteiger partial charge in [-0.1, -0.05) is 24.3 Å². The van der Waals surface area contributed by atoms with E-state index < -0.39 is 24.3 Å². The standard InChI is InChI=1S/C14H9NO4.K/c16-11(17)7-15-13(18)9-5-1-3-8-4-2-6-10(12(8)9)14(15)19;/h1-6H,7H2,(H,16,17);/q;+1/p-1. The molecule has 0 radical (unpaired) electrons. The van der Waals surface area contributed by atoms with E-state index in [2.05, 4.69) is 0 Å². The number of nitrogens with zero attached hydrogens (tertiary/aromatic N) is 1. The molecule has 0 spiro atoms. The number of imide groups is 1. The topological polar surface area (TPSA) is 77.5 Å². The maximum atomic E-state index is 12.2. The van der Waals surface area contributed by atoms with E-state index in [1.807, 2.05) is 0 Å². The maximum Gasteiger partial charge on any atom is 1.00 e. The molecule has 0 N–H and O–H groups in total. The first-order chi connectivity index (χ1) is 9.09. The van der Waals surface area contributed by atoms with Crippen molar-refractivity contribution in [2.24, 2.45) is 0 Å². The van der Waals surface area contributed by atoms with Gasteiger partial charge in [-0.25, -0.2) is 0 Å². The number of amides is 2. The zero-order chi connectivity index (χ0) is 13.6. The van der Waals surface area contributed by atoms with Crippen LogP contribution in [0.15, 0.2) is 36.4 Å². The van der Waals surface area contributed by atoms with Gasteiger partial charge in [-0.05, 0) is 17.5 Å². The number of carboxylic acid groups (broad SMARTS) is 1. The van der Waals surface area contributed by atoms with Crippen molar-refractivity contribution in [3.8, 4) is 0 Å². The quantitative estimate of drug-likeness (QED) is 0.442. The molecule has 0 atom stereocenters. The molecular formula is C14H8KNO4. The summed E-state index contributed by atoms with van der Waals surface area (Å²) in [6, 6.07) is 10.2. The summed E-state index contributed by atoms with van der Waals surface area (Å²) < 4.78 is 0. The molecule has 0 fully saturated rings. The molecule has 20 heavy (non-hydrogen) atoms. The van der Waals surface area contributed by atoms with E-state index in [1.54, 1.807) is 36.4 Å². The predicted octanol–water partition coefficient (Wildman–Crippen LogP) is -2.81. The van der Waals surface area contributed by atoms with E-state index >= 15 is 0 Å². The Kier molecular flexibility index (Phi) is 4.41. The van der Waals surface area contributed by atoms with Crippen molar-refractivity contribution < 1.29 is 70.9 Å². The second-order valence-corrected chi connectivity index (χ2v) is 4.28. The minimum Gasteiger partial charge on any atom is -0.548 e. The fraction of sp³-hybridized carbons (Fsp3) is 0.0714. The monoisotopic (exact) mass is 293 g/mol. The number of carbonyl (C=O) groups excluding carboxylic acids is 3. The second kappa shape index (κ2) is 5.75. The van der Waals surface area contributed by atoms with Gasteiger partial charge in [-0.2, -0.15) is 0 Å². The van der Waals surface area contributed by atoms with Crippen LogP contribution in [0, 0.1) is 0 Å². The van der Waals surface area contributed by atoms with Crippen LogP contribution in [0.25, 0.3) is 10.8 Å². The van der Waals surface area contributed by atoms with Gasteiger partial charge < -0.3 is 9.90 Å². The Morgan fingerprint density at radius 3 is 1.95 bits per heavy atom. The van der Waals surface area contributed by atoms with E-state index in [4.69, 9.17) is 0 Å². The number of carboxylic acids is 1. The third-order valence-corrected chi connectivity index (χ3v) is 3.14. The molecule has 6 heteroatoms. The Bertz CT molecular complexity index is 690. The molecule has 1 heterocycles. The van der Waals surface area contributed by atoms with Crippen molar-refractivity contribution in [3.05, 3.63) is 47.5 Å². The van der Waals surface area contributed by atoms with Gasteiger partial charge >= 0.3 is 51.4 Å². The fourth-order valence-electron chi connectivity index (χ4n) is 2.35. The molecule has 5 nitrogen and oxygen atoms in total. The van der Waals surface area contributed by atoms with E-state index in [9.17, 15) is 19.5 Å². The summed E-state index contributed by atoms with van der Waals surface area (Å²) in [4.78, 5) is 35.7. The summed E-state index contributed by atoms with van der Waals surface area (Å²) in [5, 5.41) is 12.0. The minimum atomic E-state index is -1.46. The summed E-state index contributed by atoms with van der Waals surface area (Å²) in [7, 11) is 0. The Hall–Kier alpha value is -1.05. The molecule has 1 aliphatic heterocycles. The Morgan fingerprint density at radius 1 is 1.00 bits per heavy atom. The molecule has 3 rings (SSSR count). The molecule has 0 saturated carbocycles. The zero-order valence-corrected chi connectivity index (χ0v) is 13.9.